The third-order valence-electron chi connectivity index (χ3n) is 1.59. The van der Waals surface area contributed by atoms with Gasteiger partial charge in [0.2, 0.25) is 0 Å². The molecule has 1 N–H and O–H groups in total. The summed E-state index contributed by atoms with van der Waals surface area (Å²) in [5.41, 5.74) is 1.01. The predicted molar refractivity (Wildman–Crippen MR) is 49.9 cm³/mol. The van der Waals surface area contributed by atoms with Crippen molar-refractivity contribution in [1.82, 2.24) is 0 Å². The molecule has 4 heteroatoms. The van der Waals surface area contributed by atoms with Gasteiger partial charge in [0, 0.05) is 0 Å². The molecule has 12 heavy (non-hydrogen) atoms. The lowest BCUT2D eigenvalue weighted by Crippen LogP contribution is -1.91. The number of hydrogen-bond acceptors (Lipinski definition) is 1. The summed E-state index contributed by atoms with van der Waals surface area (Å²) in [5.74, 6) is 0. The van der Waals surface area contributed by atoms with Crippen molar-refractivity contribution in [2.45, 2.75) is 18.2 Å². The van der Waals surface area contributed by atoms with Crippen LogP contribution in [0.5, 0.6) is 0 Å². The summed E-state index contributed by atoms with van der Waals surface area (Å²) in [7, 11) is 0. The van der Waals surface area contributed by atoms with E-state index in [9.17, 15) is 4.21 Å². The van der Waals surface area contributed by atoms with Crippen molar-refractivity contribution in [3.05, 3.63) is 28.8 Å². The fourth-order valence-electron chi connectivity index (χ4n) is 0.902. The van der Waals surface area contributed by atoms with Gasteiger partial charge in [-0.3, -0.25) is 0 Å². The van der Waals surface area contributed by atoms with Crippen LogP contribution < -0.4 is 0 Å². The first-order chi connectivity index (χ1) is 5.65. The molecular weight excluding hydrogens is 196 g/mol. The van der Waals surface area contributed by atoms with Gasteiger partial charge in [0.1, 0.15) is 0 Å². The number of benzene rings is 1. The van der Waals surface area contributed by atoms with E-state index in [2.05, 4.69) is 0 Å². The minimum Gasteiger partial charge on any atom is -0.302 e. The Morgan fingerprint density at radius 1 is 1.58 bits per heavy atom. The third kappa shape index (κ3) is 2.06. The van der Waals surface area contributed by atoms with E-state index in [1.165, 1.54) is 0 Å². The second kappa shape index (κ2) is 4.03. The second-order valence-electron chi connectivity index (χ2n) is 2.37. The lowest BCUT2D eigenvalue weighted by molar-refractivity contribution is 0.564. The van der Waals surface area contributed by atoms with E-state index >= 15 is 0 Å². The van der Waals surface area contributed by atoms with Crippen LogP contribution in [0.3, 0.4) is 0 Å². The van der Waals surface area contributed by atoms with Crippen LogP contribution in [-0.2, 0) is 17.5 Å². The summed E-state index contributed by atoms with van der Waals surface area (Å²) in [4.78, 5) is 0.288. The van der Waals surface area contributed by atoms with Gasteiger partial charge in [0.05, 0.1) is 9.92 Å². The highest BCUT2D eigenvalue weighted by Gasteiger charge is 2.05. The summed E-state index contributed by atoms with van der Waals surface area (Å²) in [6.45, 7) is 1.98. The highest BCUT2D eigenvalue weighted by Crippen LogP contribution is 2.20. The predicted octanol–water partition coefficient (Wildman–Crippen LogP) is 2.48. The zero-order valence-electron chi connectivity index (χ0n) is 6.58. The Balaban J connectivity index is 3.17. The van der Waals surface area contributed by atoms with Gasteiger partial charge < -0.3 is 4.55 Å². The number of rotatable bonds is 2. The Labute approximate surface area is 78.8 Å². The minimum atomic E-state index is -1.98. The molecule has 0 aliphatic heterocycles. The molecule has 1 rings (SSSR count). The van der Waals surface area contributed by atoms with Crippen LogP contribution >= 0.6 is 11.6 Å². The number of halogens is 1. The fraction of sp³-hybridized carbons (Fsp3) is 0.250. The maximum absolute atomic E-state index is 10.7. The first kappa shape index (κ1) is 9.71. The van der Waals surface area contributed by atoms with Crippen molar-refractivity contribution in [3.63, 3.8) is 0 Å². The van der Waals surface area contributed by atoms with Crippen molar-refractivity contribution >= 4 is 22.7 Å². The largest absolute Gasteiger partial charge is 0.302 e. The lowest BCUT2D eigenvalue weighted by atomic mass is 10.2. The Bertz CT molecular complexity index is 312. The van der Waals surface area contributed by atoms with Gasteiger partial charge in [-0.1, -0.05) is 24.6 Å². The Kier molecular flexibility index (Phi) is 3.26. The molecule has 0 aliphatic rings. The average Bonchev–Trinajstić information content (AvgIpc) is 2.05. The molecule has 0 fully saturated rings. The fourth-order valence-corrected chi connectivity index (χ4v) is 1.70. The van der Waals surface area contributed by atoms with E-state index in [-0.39, 0.29) is 4.90 Å². The van der Waals surface area contributed by atoms with Crippen LogP contribution in [0.2, 0.25) is 5.02 Å². The van der Waals surface area contributed by atoms with Crippen LogP contribution in [0.1, 0.15) is 12.5 Å². The van der Waals surface area contributed by atoms with E-state index < -0.39 is 11.1 Å². The van der Waals surface area contributed by atoms with E-state index in [4.69, 9.17) is 16.2 Å². The monoisotopic (exact) mass is 204 g/mol. The molecular formula is C8H9ClO2S. The van der Waals surface area contributed by atoms with Gasteiger partial charge >= 0.3 is 0 Å². The maximum Gasteiger partial charge on any atom is 0.188 e. The van der Waals surface area contributed by atoms with Crippen LogP contribution in [0.4, 0.5) is 0 Å². The smallest absolute Gasteiger partial charge is 0.188 e. The number of aryl methyl sites for hydroxylation is 1. The van der Waals surface area contributed by atoms with Gasteiger partial charge in [0.25, 0.3) is 0 Å². The molecule has 0 heterocycles. The van der Waals surface area contributed by atoms with Crippen molar-refractivity contribution in [2.75, 3.05) is 0 Å². The molecule has 0 saturated carbocycles. The summed E-state index contributed by atoms with van der Waals surface area (Å²) >= 11 is 3.71. The van der Waals surface area contributed by atoms with Crippen LogP contribution in [-0.4, -0.2) is 8.76 Å². The molecule has 1 atom stereocenters. The van der Waals surface area contributed by atoms with Crippen molar-refractivity contribution < 1.29 is 8.76 Å². The molecule has 1 aromatic rings. The van der Waals surface area contributed by atoms with Gasteiger partial charge in [0.15, 0.2) is 11.1 Å². The molecule has 0 aromatic heterocycles. The highest BCUT2D eigenvalue weighted by molar-refractivity contribution is 7.79. The lowest BCUT2D eigenvalue weighted by Gasteiger charge is -2.01. The summed E-state index contributed by atoms with van der Waals surface area (Å²) in [5, 5.41) is 0.341. The number of hydrogen-bond donors (Lipinski definition) is 1. The van der Waals surface area contributed by atoms with Crippen LogP contribution in [0.25, 0.3) is 0 Å². The summed E-state index contributed by atoms with van der Waals surface area (Å²) in [6, 6.07) is 5.14. The van der Waals surface area contributed by atoms with Crippen molar-refractivity contribution in [1.29, 1.82) is 0 Å². The standard InChI is InChI=1S/C8H9ClO2S/c1-2-6-3-4-7(9)8(5-6)12(10)11/h3-5H,2H2,1H3,(H,10,11). The molecule has 0 aliphatic carbocycles. The first-order valence-electron chi connectivity index (χ1n) is 3.54. The molecule has 1 aromatic carbocycles. The average molecular weight is 205 g/mol. The van der Waals surface area contributed by atoms with Gasteiger partial charge in [-0.05, 0) is 24.1 Å². The zero-order valence-corrected chi connectivity index (χ0v) is 8.15. The molecule has 66 valence electrons. The molecule has 0 saturated heterocycles. The quantitative estimate of drug-likeness (QED) is 0.752. The van der Waals surface area contributed by atoms with Crippen LogP contribution in [0.15, 0.2) is 23.1 Å². The topological polar surface area (TPSA) is 37.3 Å². The molecule has 1 unspecified atom stereocenters. The zero-order chi connectivity index (χ0) is 9.14. The molecule has 0 spiro atoms. The van der Waals surface area contributed by atoms with Gasteiger partial charge in [-0.2, -0.15) is 0 Å². The van der Waals surface area contributed by atoms with E-state index in [1.54, 1.807) is 12.1 Å². The van der Waals surface area contributed by atoms with Crippen molar-refractivity contribution in [3.8, 4) is 0 Å². The normalized spacial score (nSPS) is 12.9. The maximum atomic E-state index is 10.7. The highest BCUT2D eigenvalue weighted by atomic mass is 35.5. The Hall–Kier alpha value is -0.380. The van der Waals surface area contributed by atoms with Crippen molar-refractivity contribution in [2.24, 2.45) is 0 Å². The minimum absolute atomic E-state index is 0.288. The SMILES string of the molecule is CCc1ccc(Cl)c(S(=O)O)c1. The third-order valence-corrected chi connectivity index (χ3v) is 2.75. The first-order valence-corrected chi connectivity index (χ1v) is 5.03. The van der Waals surface area contributed by atoms with E-state index in [1.807, 2.05) is 13.0 Å². The van der Waals surface area contributed by atoms with E-state index in [0.717, 1.165) is 12.0 Å². The van der Waals surface area contributed by atoms with E-state index in [0.29, 0.717) is 5.02 Å². The van der Waals surface area contributed by atoms with Gasteiger partial charge in [-0.25, -0.2) is 4.21 Å². The molecule has 0 amide bonds. The Morgan fingerprint density at radius 3 is 2.75 bits per heavy atom. The summed E-state index contributed by atoms with van der Waals surface area (Å²) in [6.07, 6.45) is 0.835. The molecule has 2 nitrogen and oxygen atoms in total. The Morgan fingerprint density at radius 2 is 2.25 bits per heavy atom. The molecule has 0 bridgehead atoms. The molecule has 0 radical (unpaired) electrons. The second-order valence-corrected chi connectivity index (χ2v) is 3.71. The summed E-state index contributed by atoms with van der Waals surface area (Å²) < 4.78 is 19.5. The van der Waals surface area contributed by atoms with Gasteiger partial charge in [-0.15, -0.1) is 0 Å². The van der Waals surface area contributed by atoms with Crippen LogP contribution in [0, 0.1) is 0 Å².